The minimum absolute atomic E-state index is 0.0482. The quantitative estimate of drug-likeness (QED) is 0.455. The summed E-state index contributed by atoms with van der Waals surface area (Å²) in [6.45, 7) is 2.92. The number of hydrogen-bond acceptors (Lipinski definition) is 9. The van der Waals surface area contributed by atoms with Crippen molar-refractivity contribution in [1.29, 1.82) is 0 Å². The minimum atomic E-state index is -0.256. The molecule has 2 unspecified atom stereocenters. The summed E-state index contributed by atoms with van der Waals surface area (Å²) in [7, 11) is 1.47. The van der Waals surface area contributed by atoms with Gasteiger partial charge in [-0.25, -0.2) is 5.84 Å². The molecule has 9 heteroatoms. The summed E-state index contributed by atoms with van der Waals surface area (Å²) in [5, 5.41) is 9.18. The van der Waals surface area contributed by atoms with E-state index in [1.54, 1.807) is 0 Å². The Labute approximate surface area is 110 Å². The van der Waals surface area contributed by atoms with Crippen LogP contribution in [-0.4, -0.2) is 59.1 Å². The van der Waals surface area contributed by atoms with Gasteiger partial charge in [-0.05, 0) is 6.92 Å². The van der Waals surface area contributed by atoms with E-state index in [0.717, 1.165) is 0 Å². The third-order valence-electron chi connectivity index (χ3n) is 2.88. The van der Waals surface area contributed by atoms with Crippen molar-refractivity contribution in [2.45, 2.75) is 19.1 Å². The van der Waals surface area contributed by atoms with E-state index >= 15 is 0 Å². The van der Waals surface area contributed by atoms with Crippen molar-refractivity contribution in [2.75, 3.05) is 37.2 Å². The molecule has 9 nitrogen and oxygen atoms in total. The summed E-state index contributed by atoms with van der Waals surface area (Å²) >= 11 is 0. The minimum Gasteiger partial charge on any atom is -0.467 e. The zero-order valence-corrected chi connectivity index (χ0v) is 10.9. The van der Waals surface area contributed by atoms with Gasteiger partial charge in [0.2, 0.25) is 11.9 Å². The van der Waals surface area contributed by atoms with E-state index in [4.69, 9.17) is 15.3 Å². The lowest BCUT2D eigenvalue weighted by atomic mass is 10.2. The van der Waals surface area contributed by atoms with Gasteiger partial charge in [0.05, 0.1) is 32.5 Å². The van der Waals surface area contributed by atoms with Crippen LogP contribution in [0.1, 0.15) is 6.92 Å². The van der Waals surface area contributed by atoms with E-state index < -0.39 is 0 Å². The van der Waals surface area contributed by atoms with E-state index in [1.165, 1.54) is 7.11 Å². The van der Waals surface area contributed by atoms with Crippen LogP contribution in [0.2, 0.25) is 0 Å². The molecule has 2 atom stereocenters. The number of morpholine rings is 1. The molecule has 2 heterocycles. The molecule has 2 rings (SSSR count). The maximum Gasteiger partial charge on any atom is 0.322 e. The maximum absolute atomic E-state index is 9.18. The fourth-order valence-corrected chi connectivity index (χ4v) is 1.84. The Kier molecular flexibility index (Phi) is 4.30. The summed E-state index contributed by atoms with van der Waals surface area (Å²) in [6.07, 6.45) is -0.256. The van der Waals surface area contributed by atoms with Crippen LogP contribution in [0.15, 0.2) is 0 Å². The Balaban J connectivity index is 2.27. The summed E-state index contributed by atoms with van der Waals surface area (Å²) in [5.74, 6) is 5.98. The van der Waals surface area contributed by atoms with Gasteiger partial charge in [0.15, 0.2) is 0 Å². The van der Waals surface area contributed by atoms with Crippen molar-refractivity contribution in [2.24, 2.45) is 5.84 Å². The molecule has 0 radical (unpaired) electrons. The van der Waals surface area contributed by atoms with Crippen molar-refractivity contribution in [3.05, 3.63) is 0 Å². The predicted octanol–water partition coefficient (Wildman–Crippen LogP) is -1.25. The first-order valence-electron chi connectivity index (χ1n) is 5.93. The zero-order valence-electron chi connectivity index (χ0n) is 10.9. The molecule has 0 saturated carbocycles. The fourth-order valence-electron chi connectivity index (χ4n) is 1.84. The Morgan fingerprint density at radius 3 is 2.95 bits per heavy atom. The SMILES string of the molecule is COc1nc(NN)nc(N2CC(CO)OCC2C)n1. The molecule has 4 N–H and O–H groups in total. The van der Waals surface area contributed by atoms with Crippen LogP contribution >= 0.6 is 0 Å². The Hall–Kier alpha value is -1.71. The number of nitrogens with zero attached hydrogens (tertiary/aromatic N) is 4. The van der Waals surface area contributed by atoms with Gasteiger partial charge in [-0.1, -0.05) is 0 Å². The van der Waals surface area contributed by atoms with E-state index in [2.05, 4.69) is 20.4 Å². The lowest BCUT2D eigenvalue weighted by molar-refractivity contribution is -0.0108. The number of ether oxygens (including phenoxy) is 2. The number of rotatable bonds is 4. The molecule has 0 aliphatic carbocycles. The molecule has 0 amide bonds. The normalized spacial score (nSPS) is 23.3. The van der Waals surface area contributed by atoms with Crippen LogP contribution in [0.25, 0.3) is 0 Å². The Morgan fingerprint density at radius 2 is 2.32 bits per heavy atom. The Morgan fingerprint density at radius 1 is 1.53 bits per heavy atom. The molecule has 1 aliphatic rings. The number of aliphatic hydroxyl groups is 1. The van der Waals surface area contributed by atoms with Gasteiger partial charge in [0.1, 0.15) is 0 Å². The number of aromatic nitrogens is 3. The standard InChI is InChI=1S/C10H18N6O3/c1-6-5-19-7(4-17)3-16(6)9-12-8(15-11)13-10(14-9)18-2/h6-7,17H,3-5,11H2,1-2H3,(H,12,13,14,15). The smallest absolute Gasteiger partial charge is 0.322 e. The van der Waals surface area contributed by atoms with Gasteiger partial charge >= 0.3 is 6.01 Å². The van der Waals surface area contributed by atoms with Gasteiger partial charge in [0, 0.05) is 6.54 Å². The molecular formula is C10H18N6O3. The molecule has 19 heavy (non-hydrogen) atoms. The molecule has 1 fully saturated rings. The zero-order chi connectivity index (χ0) is 13.8. The largest absolute Gasteiger partial charge is 0.467 e. The second kappa shape index (κ2) is 5.95. The average Bonchev–Trinajstić information content (AvgIpc) is 2.47. The maximum atomic E-state index is 9.18. The number of aliphatic hydroxyl groups excluding tert-OH is 1. The first-order chi connectivity index (χ1) is 9.17. The highest BCUT2D eigenvalue weighted by atomic mass is 16.5. The molecule has 1 aliphatic heterocycles. The van der Waals surface area contributed by atoms with Crippen molar-refractivity contribution in [3.63, 3.8) is 0 Å². The molecule has 1 aromatic rings. The van der Waals surface area contributed by atoms with Crippen molar-refractivity contribution >= 4 is 11.9 Å². The summed E-state index contributed by atoms with van der Waals surface area (Å²) in [6, 6.07) is 0.262. The number of nitrogens with two attached hydrogens (primary N) is 1. The van der Waals surface area contributed by atoms with Crippen LogP contribution in [0.3, 0.4) is 0 Å². The third-order valence-corrected chi connectivity index (χ3v) is 2.88. The third kappa shape index (κ3) is 3.00. The number of anilines is 2. The highest BCUT2D eigenvalue weighted by molar-refractivity contribution is 5.39. The molecule has 106 valence electrons. The lowest BCUT2D eigenvalue weighted by Gasteiger charge is -2.37. The Bertz CT molecular complexity index is 409. The van der Waals surface area contributed by atoms with Crippen molar-refractivity contribution in [1.82, 2.24) is 15.0 Å². The second-order valence-electron chi connectivity index (χ2n) is 4.23. The van der Waals surface area contributed by atoms with Crippen LogP contribution in [0.5, 0.6) is 6.01 Å². The fraction of sp³-hybridized carbons (Fsp3) is 0.700. The molecule has 0 spiro atoms. The van der Waals surface area contributed by atoms with Crippen LogP contribution in [0.4, 0.5) is 11.9 Å². The number of hydrogen-bond donors (Lipinski definition) is 3. The van der Waals surface area contributed by atoms with Gasteiger partial charge < -0.3 is 19.5 Å². The van der Waals surface area contributed by atoms with E-state index in [9.17, 15) is 5.11 Å². The molecule has 1 aromatic heterocycles. The van der Waals surface area contributed by atoms with Crippen LogP contribution < -0.4 is 20.9 Å². The van der Waals surface area contributed by atoms with Gasteiger partial charge in [-0.2, -0.15) is 15.0 Å². The summed E-state index contributed by atoms with van der Waals surface area (Å²) in [4.78, 5) is 14.3. The number of nitrogen functional groups attached to an aromatic ring is 1. The molecular weight excluding hydrogens is 252 g/mol. The monoisotopic (exact) mass is 270 g/mol. The number of nitrogens with one attached hydrogen (secondary N) is 1. The molecule has 1 saturated heterocycles. The van der Waals surface area contributed by atoms with Crippen molar-refractivity contribution in [3.8, 4) is 6.01 Å². The van der Waals surface area contributed by atoms with Crippen molar-refractivity contribution < 1.29 is 14.6 Å². The van der Waals surface area contributed by atoms with E-state index in [1.807, 2.05) is 11.8 Å². The van der Waals surface area contributed by atoms with E-state index in [-0.39, 0.29) is 30.7 Å². The second-order valence-corrected chi connectivity index (χ2v) is 4.23. The first-order valence-corrected chi connectivity index (χ1v) is 5.93. The number of hydrazine groups is 1. The highest BCUT2D eigenvalue weighted by Gasteiger charge is 2.28. The predicted molar refractivity (Wildman–Crippen MR) is 67.8 cm³/mol. The topological polar surface area (TPSA) is 119 Å². The first kappa shape index (κ1) is 13.7. The molecule has 0 aromatic carbocycles. The van der Waals surface area contributed by atoms with Crippen LogP contribution in [-0.2, 0) is 4.74 Å². The van der Waals surface area contributed by atoms with E-state index in [0.29, 0.717) is 19.1 Å². The summed E-state index contributed by atoms with van der Waals surface area (Å²) < 4.78 is 10.5. The molecule has 0 bridgehead atoms. The van der Waals surface area contributed by atoms with Crippen LogP contribution in [0, 0.1) is 0 Å². The van der Waals surface area contributed by atoms with Gasteiger partial charge in [0.25, 0.3) is 0 Å². The van der Waals surface area contributed by atoms with Gasteiger partial charge in [-0.15, -0.1) is 0 Å². The lowest BCUT2D eigenvalue weighted by Crippen LogP contribution is -2.50. The summed E-state index contributed by atoms with van der Waals surface area (Å²) in [5.41, 5.74) is 2.37. The highest BCUT2D eigenvalue weighted by Crippen LogP contribution is 2.20. The van der Waals surface area contributed by atoms with Gasteiger partial charge in [-0.3, -0.25) is 5.43 Å². The average molecular weight is 270 g/mol. The number of methoxy groups -OCH3 is 1.